The highest BCUT2D eigenvalue weighted by Gasteiger charge is 2.11. The number of phenols is 2. The van der Waals surface area contributed by atoms with Gasteiger partial charge in [-0.1, -0.05) is 25.1 Å². The molecule has 6 heteroatoms. The van der Waals surface area contributed by atoms with Crippen molar-refractivity contribution in [1.82, 2.24) is 5.32 Å². The number of amides is 2. The summed E-state index contributed by atoms with van der Waals surface area (Å²) in [6.07, 6.45) is 1.41. The van der Waals surface area contributed by atoms with Crippen LogP contribution < -0.4 is 15.4 Å². The van der Waals surface area contributed by atoms with Crippen LogP contribution in [0.25, 0.3) is 0 Å². The van der Waals surface area contributed by atoms with E-state index >= 15 is 0 Å². The minimum atomic E-state index is -0.331. The van der Waals surface area contributed by atoms with Gasteiger partial charge in [-0.05, 0) is 49.6 Å². The van der Waals surface area contributed by atoms with Crippen LogP contribution in [-0.2, 0) is 6.42 Å². The largest absolute Gasteiger partial charge is 0.504 e. The number of benzene rings is 2. The van der Waals surface area contributed by atoms with Gasteiger partial charge in [-0.15, -0.1) is 0 Å². The van der Waals surface area contributed by atoms with Crippen molar-refractivity contribution in [3.05, 3.63) is 48.0 Å². The predicted molar refractivity (Wildman–Crippen MR) is 97.3 cm³/mol. The van der Waals surface area contributed by atoms with E-state index in [9.17, 15) is 15.0 Å². The molecule has 0 bridgehead atoms. The lowest BCUT2D eigenvalue weighted by molar-refractivity contribution is 0.249. The number of carbonyl (C=O) groups excluding carboxylic acids is 1. The molecule has 0 aromatic heterocycles. The number of hydrogen-bond donors (Lipinski definition) is 4. The lowest BCUT2D eigenvalue weighted by atomic mass is 10.1. The summed E-state index contributed by atoms with van der Waals surface area (Å²) in [6.45, 7) is 4.47. The van der Waals surface area contributed by atoms with Crippen LogP contribution in [-0.4, -0.2) is 28.9 Å². The molecule has 1 atom stereocenters. The number of urea groups is 1. The van der Waals surface area contributed by atoms with Crippen LogP contribution in [0.2, 0.25) is 0 Å². The Balaban J connectivity index is 1.92. The summed E-state index contributed by atoms with van der Waals surface area (Å²) in [7, 11) is 0. The van der Waals surface area contributed by atoms with Crippen molar-refractivity contribution in [2.75, 3.05) is 11.9 Å². The molecule has 0 spiro atoms. The summed E-state index contributed by atoms with van der Waals surface area (Å²) in [5.74, 6) is 0.303. The molecule has 0 aliphatic carbocycles. The first kappa shape index (κ1) is 18.4. The van der Waals surface area contributed by atoms with Gasteiger partial charge in [0, 0.05) is 6.04 Å². The molecular formula is C19H24N2O4. The maximum absolute atomic E-state index is 12.2. The van der Waals surface area contributed by atoms with Crippen molar-refractivity contribution in [1.29, 1.82) is 0 Å². The lowest BCUT2D eigenvalue weighted by Gasteiger charge is -2.16. The number of phenolic OH excluding ortho intramolecular Hbond substituents is 2. The molecule has 0 fully saturated rings. The molecule has 0 saturated heterocycles. The number of rotatable bonds is 7. The molecule has 0 heterocycles. The van der Waals surface area contributed by atoms with Gasteiger partial charge in [0.2, 0.25) is 0 Å². The van der Waals surface area contributed by atoms with E-state index in [1.165, 1.54) is 12.1 Å². The second-order valence-corrected chi connectivity index (χ2v) is 5.87. The first-order valence-electron chi connectivity index (χ1n) is 8.29. The van der Waals surface area contributed by atoms with Crippen molar-refractivity contribution in [3.8, 4) is 17.2 Å². The van der Waals surface area contributed by atoms with Gasteiger partial charge in [-0.2, -0.15) is 0 Å². The van der Waals surface area contributed by atoms with E-state index in [-0.39, 0.29) is 23.6 Å². The zero-order chi connectivity index (χ0) is 18.2. The number of para-hydroxylation sites is 2. The zero-order valence-corrected chi connectivity index (χ0v) is 14.5. The highest BCUT2D eigenvalue weighted by Crippen LogP contribution is 2.26. The average molecular weight is 344 g/mol. The Morgan fingerprint density at radius 2 is 1.92 bits per heavy atom. The zero-order valence-electron chi connectivity index (χ0n) is 14.5. The van der Waals surface area contributed by atoms with Crippen LogP contribution >= 0.6 is 0 Å². The van der Waals surface area contributed by atoms with Gasteiger partial charge < -0.3 is 25.6 Å². The van der Waals surface area contributed by atoms with Gasteiger partial charge >= 0.3 is 6.03 Å². The van der Waals surface area contributed by atoms with Gasteiger partial charge in [0.15, 0.2) is 11.5 Å². The number of carbonyl (C=O) groups is 1. The molecule has 4 N–H and O–H groups in total. The van der Waals surface area contributed by atoms with E-state index in [1.54, 1.807) is 12.1 Å². The Labute approximate surface area is 147 Å². The van der Waals surface area contributed by atoms with E-state index in [4.69, 9.17) is 4.74 Å². The Morgan fingerprint density at radius 3 is 2.64 bits per heavy atom. The summed E-state index contributed by atoms with van der Waals surface area (Å²) < 4.78 is 5.62. The number of nitrogens with one attached hydrogen (secondary N) is 2. The van der Waals surface area contributed by atoms with Crippen molar-refractivity contribution >= 4 is 11.7 Å². The third kappa shape index (κ3) is 5.60. The summed E-state index contributed by atoms with van der Waals surface area (Å²) in [6, 6.07) is 11.4. The fourth-order valence-electron chi connectivity index (χ4n) is 2.39. The normalized spacial score (nSPS) is 11.6. The summed E-state index contributed by atoms with van der Waals surface area (Å²) in [4.78, 5) is 12.2. The van der Waals surface area contributed by atoms with Gasteiger partial charge in [0.05, 0.1) is 12.3 Å². The van der Waals surface area contributed by atoms with E-state index in [0.717, 1.165) is 12.0 Å². The Morgan fingerprint density at radius 1 is 1.16 bits per heavy atom. The lowest BCUT2D eigenvalue weighted by Crippen LogP contribution is -2.37. The van der Waals surface area contributed by atoms with Crippen molar-refractivity contribution in [3.63, 3.8) is 0 Å². The molecule has 134 valence electrons. The van der Waals surface area contributed by atoms with Crippen LogP contribution in [0.3, 0.4) is 0 Å². The van der Waals surface area contributed by atoms with Crippen LogP contribution in [0.4, 0.5) is 10.5 Å². The number of anilines is 1. The van der Waals surface area contributed by atoms with Gasteiger partial charge in [-0.3, -0.25) is 0 Å². The first-order valence-corrected chi connectivity index (χ1v) is 8.29. The molecule has 2 amide bonds. The van der Waals surface area contributed by atoms with Gasteiger partial charge in [0.1, 0.15) is 5.75 Å². The summed E-state index contributed by atoms with van der Waals surface area (Å²) in [5.41, 5.74) is 1.43. The van der Waals surface area contributed by atoms with Crippen LogP contribution in [0.1, 0.15) is 25.8 Å². The van der Waals surface area contributed by atoms with E-state index in [1.807, 2.05) is 32.0 Å². The van der Waals surface area contributed by atoms with Gasteiger partial charge in [0.25, 0.3) is 0 Å². The molecule has 6 nitrogen and oxygen atoms in total. The first-order chi connectivity index (χ1) is 12.0. The third-order valence-corrected chi connectivity index (χ3v) is 3.56. The standard InChI is InChI=1S/C19H24N2O4/c1-3-10-25-18-7-5-4-6-15(18)21-19(24)20-13(2)11-14-8-9-16(22)17(23)12-14/h4-9,12-13,22-23H,3,10-11H2,1-2H3,(H2,20,21,24)/t13-/m1/s1. The smallest absolute Gasteiger partial charge is 0.319 e. The molecule has 0 unspecified atom stereocenters. The third-order valence-electron chi connectivity index (χ3n) is 3.56. The molecule has 2 aromatic rings. The van der Waals surface area contributed by atoms with E-state index in [2.05, 4.69) is 10.6 Å². The summed E-state index contributed by atoms with van der Waals surface area (Å²) in [5, 5.41) is 24.5. The molecule has 25 heavy (non-hydrogen) atoms. The predicted octanol–water partition coefficient (Wildman–Crippen LogP) is 3.64. The van der Waals surface area contributed by atoms with Crippen LogP contribution in [0, 0.1) is 0 Å². The second kappa shape index (κ2) is 8.82. The average Bonchev–Trinajstić information content (AvgIpc) is 2.57. The van der Waals surface area contributed by atoms with E-state index < -0.39 is 0 Å². The summed E-state index contributed by atoms with van der Waals surface area (Å²) >= 11 is 0. The molecular weight excluding hydrogens is 320 g/mol. The fourth-order valence-corrected chi connectivity index (χ4v) is 2.39. The molecule has 2 aromatic carbocycles. The highest BCUT2D eigenvalue weighted by atomic mass is 16.5. The van der Waals surface area contributed by atoms with Crippen LogP contribution in [0.5, 0.6) is 17.2 Å². The maximum atomic E-state index is 12.2. The Hall–Kier alpha value is -2.89. The quantitative estimate of drug-likeness (QED) is 0.577. The topological polar surface area (TPSA) is 90.8 Å². The number of aromatic hydroxyl groups is 2. The van der Waals surface area contributed by atoms with Gasteiger partial charge in [-0.25, -0.2) is 4.79 Å². The number of hydrogen-bond acceptors (Lipinski definition) is 4. The monoisotopic (exact) mass is 344 g/mol. The van der Waals surface area contributed by atoms with Crippen molar-refractivity contribution in [2.24, 2.45) is 0 Å². The molecule has 0 saturated carbocycles. The maximum Gasteiger partial charge on any atom is 0.319 e. The van der Waals surface area contributed by atoms with Crippen LogP contribution in [0.15, 0.2) is 42.5 Å². The number of ether oxygens (including phenoxy) is 1. The SMILES string of the molecule is CCCOc1ccccc1NC(=O)N[C@H](C)Cc1ccc(O)c(O)c1. The Kier molecular flexibility index (Phi) is 6.51. The van der Waals surface area contributed by atoms with Crippen molar-refractivity contribution < 1.29 is 19.7 Å². The molecule has 0 aliphatic rings. The second-order valence-electron chi connectivity index (χ2n) is 5.87. The molecule has 0 aliphatic heterocycles. The molecule has 0 radical (unpaired) electrons. The Bertz CT molecular complexity index is 718. The molecule has 2 rings (SSSR count). The minimum Gasteiger partial charge on any atom is -0.504 e. The minimum absolute atomic E-state index is 0.160. The van der Waals surface area contributed by atoms with Crippen molar-refractivity contribution in [2.45, 2.75) is 32.7 Å². The highest BCUT2D eigenvalue weighted by molar-refractivity contribution is 5.91. The fraction of sp³-hybridized carbons (Fsp3) is 0.316. The van der Waals surface area contributed by atoms with E-state index in [0.29, 0.717) is 24.5 Å².